The van der Waals surface area contributed by atoms with Crippen molar-refractivity contribution in [2.24, 2.45) is 0 Å². The third-order valence-corrected chi connectivity index (χ3v) is 5.57. The van der Waals surface area contributed by atoms with Crippen LogP contribution in [0.15, 0.2) is 103 Å². The van der Waals surface area contributed by atoms with Crippen LogP contribution in [0.4, 0.5) is 17.1 Å². The number of nitrogens with zero attached hydrogens (tertiary/aromatic N) is 1. The zero-order valence-electron chi connectivity index (χ0n) is 15.1. The molecule has 5 rings (SSSR count). The molecule has 0 bridgehead atoms. The predicted molar refractivity (Wildman–Crippen MR) is 115 cm³/mol. The fourth-order valence-corrected chi connectivity index (χ4v) is 4.26. The molecule has 1 N–H and O–H groups in total. The van der Waals surface area contributed by atoms with Crippen molar-refractivity contribution in [3.05, 3.63) is 125 Å². The number of benzene rings is 4. The molecular weight excluding hydrogens is 366 g/mol. The number of para-hydroxylation sites is 2. The molecule has 136 valence electrons. The van der Waals surface area contributed by atoms with Gasteiger partial charge in [-0.3, -0.25) is 0 Å². The van der Waals surface area contributed by atoms with Crippen molar-refractivity contribution in [2.45, 2.75) is 5.60 Å². The standard InChI is InChI=1S/C25H18ClNO/c26-19-15-16-24-22(17-19)25(28,18-9-3-1-4-10-18)21-13-7-8-14-23(21)27(24)20-11-5-2-6-12-20/h1-17,28H/t25-/m0/s1. The molecule has 3 heteroatoms. The molecular formula is C25H18ClNO. The Kier molecular flexibility index (Phi) is 3.97. The first-order valence-electron chi connectivity index (χ1n) is 9.22. The quantitative estimate of drug-likeness (QED) is 0.432. The molecule has 1 aliphatic rings. The van der Waals surface area contributed by atoms with E-state index in [9.17, 15) is 5.11 Å². The van der Waals surface area contributed by atoms with E-state index in [1.54, 1.807) is 0 Å². The number of hydrogen-bond acceptors (Lipinski definition) is 2. The van der Waals surface area contributed by atoms with Crippen LogP contribution in [-0.2, 0) is 5.60 Å². The second kappa shape index (κ2) is 6.52. The van der Waals surface area contributed by atoms with Gasteiger partial charge in [-0.05, 0) is 42.0 Å². The lowest BCUT2D eigenvalue weighted by Crippen LogP contribution is -2.36. The summed E-state index contributed by atoms with van der Waals surface area (Å²) < 4.78 is 0. The summed E-state index contributed by atoms with van der Waals surface area (Å²) in [6.07, 6.45) is 0. The lowest BCUT2D eigenvalue weighted by molar-refractivity contribution is 0.125. The van der Waals surface area contributed by atoms with Gasteiger partial charge in [0.2, 0.25) is 0 Å². The van der Waals surface area contributed by atoms with Crippen molar-refractivity contribution < 1.29 is 5.11 Å². The van der Waals surface area contributed by atoms with E-state index in [1.807, 2.05) is 91.0 Å². The van der Waals surface area contributed by atoms with Crippen LogP contribution in [-0.4, -0.2) is 5.11 Å². The fourth-order valence-electron chi connectivity index (χ4n) is 4.09. The van der Waals surface area contributed by atoms with Gasteiger partial charge in [-0.15, -0.1) is 0 Å². The Labute approximate surface area is 169 Å². The van der Waals surface area contributed by atoms with Gasteiger partial charge < -0.3 is 10.0 Å². The third-order valence-electron chi connectivity index (χ3n) is 5.33. The van der Waals surface area contributed by atoms with Gasteiger partial charge in [0.25, 0.3) is 0 Å². The van der Waals surface area contributed by atoms with E-state index < -0.39 is 5.60 Å². The first-order chi connectivity index (χ1) is 13.7. The fraction of sp³-hybridized carbons (Fsp3) is 0.0400. The number of fused-ring (bicyclic) bond motifs is 2. The minimum absolute atomic E-state index is 0.598. The van der Waals surface area contributed by atoms with E-state index in [4.69, 9.17) is 11.6 Å². The SMILES string of the molecule is O[C@@]1(c2ccccc2)c2ccccc2N(c2ccccc2)c2ccc(Cl)cc21. The monoisotopic (exact) mass is 383 g/mol. The Morgan fingerprint density at radius 3 is 2.00 bits per heavy atom. The van der Waals surface area contributed by atoms with Gasteiger partial charge in [0.15, 0.2) is 0 Å². The molecule has 0 aliphatic carbocycles. The van der Waals surface area contributed by atoms with Gasteiger partial charge in [0, 0.05) is 21.8 Å². The molecule has 0 saturated carbocycles. The molecule has 0 fully saturated rings. The van der Waals surface area contributed by atoms with Gasteiger partial charge in [0.05, 0.1) is 11.4 Å². The Morgan fingerprint density at radius 1 is 0.643 bits per heavy atom. The van der Waals surface area contributed by atoms with Crippen LogP contribution >= 0.6 is 11.6 Å². The summed E-state index contributed by atoms with van der Waals surface area (Å²) in [4.78, 5) is 2.18. The van der Waals surface area contributed by atoms with E-state index in [-0.39, 0.29) is 0 Å². The number of anilines is 3. The predicted octanol–water partition coefficient (Wildman–Crippen LogP) is 6.41. The highest BCUT2D eigenvalue weighted by atomic mass is 35.5. The van der Waals surface area contributed by atoms with Crippen molar-refractivity contribution in [2.75, 3.05) is 4.90 Å². The summed E-state index contributed by atoms with van der Waals surface area (Å²) in [6, 6.07) is 33.7. The second-order valence-corrected chi connectivity index (χ2v) is 7.36. The van der Waals surface area contributed by atoms with Gasteiger partial charge in [-0.25, -0.2) is 0 Å². The molecule has 0 amide bonds. The molecule has 0 radical (unpaired) electrons. The Balaban J connectivity index is 1.88. The van der Waals surface area contributed by atoms with Crippen LogP contribution in [0.1, 0.15) is 16.7 Å². The molecule has 1 aliphatic heterocycles. The Bertz CT molecular complexity index is 1140. The Hall–Kier alpha value is -3.07. The first-order valence-corrected chi connectivity index (χ1v) is 9.60. The smallest absolute Gasteiger partial charge is 0.144 e. The summed E-state index contributed by atoms with van der Waals surface area (Å²) in [6.45, 7) is 0. The van der Waals surface area contributed by atoms with E-state index >= 15 is 0 Å². The van der Waals surface area contributed by atoms with Gasteiger partial charge in [0.1, 0.15) is 5.60 Å². The molecule has 4 aromatic rings. The van der Waals surface area contributed by atoms with Crippen LogP contribution in [0.5, 0.6) is 0 Å². The highest BCUT2D eigenvalue weighted by Gasteiger charge is 2.43. The van der Waals surface area contributed by atoms with E-state index in [1.165, 1.54) is 0 Å². The van der Waals surface area contributed by atoms with Crippen LogP contribution in [0, 0.1) is 0 Å². The molecule has 28 heavy (non-hydrogen) atoms. The molecule has 1 heterocycles. The molecule has 0 saturated heterocycles. The largest absolute Gasteiger partial charge is 0.376 e. The molecule has 0 aromatic heterocycles. The lowest BCUT2D eigenvalue weighted by Gasteiger charge is -2.43. The van der Waals surface area contributed by atoms with Gasteiger partial charge in [-0.1, -0.05) is 78.3 Å². The summed E-state index contributed by atoms with van der Waals surface area (Å²) in [5, 5.41) is 12.7. The highest BCUT2D eigenvalue weighted by molar-refractivity contribution is 6.30. The van der Waals surface area contributed by atoms with E-state index in [0.717, 1.165) is 33.8 Å². The van der Waals surface area contributed by atoms with E-state index in [0.29, 0.717) is 5.02 Å². The van der Waals surface area contributed by atoms with Crippen molar-refractivity contribution >= 4 is 28.7 Å². The molecule has 0 spiro atoms. The first kappa shape index (κ1) is 17.1. The summed E-state index contributed by atoms with van der Waals surface area (Å²) in [5.41, 5.74) is 4.04. The van der Waals surface area contributed by atoms with Crippen molar-refractivity contribution in [1.82, 2.24) is 0 Å². The maximum Gasteiger partial charge on any atom is 0.144 e. The molecule has 1 atom stereocenters. The maximum absolute atomic E-state index is 12.2. The average molecular weight is 384 g/mol. The van der Waals surface area contributed by atoms with Crippen LogP contribution in [0.25, 0.3) is 0 Å². The van der Waals surface area contributed by atoms with Gasteiger partial charge >= 0.3 is 0 Å². The summed E-state index contributed by atoms with van der Waals surface area (Å²) in [5.74, 6) is 0. The number of hydrogen-bond donors (Lipinski definition) is 1. The maximum atomic E-state index is 12.2. The number of aliphatic hydroxyl groups is 1. The summed E-state index contributed by atoms with van der Waals surface area (Å²) >= 11 is 6.38. The van der Waals surface area contributed by atoms with E-state index in [2.05, 4.69) is 17.0 Å². The zero-order chi connectivity index (χ0) is 19.1. The van der Waals surface area contributed by atoms with Crippen LogP contribution in [0.3, 0.4) is 0 Å². The molecule has 4 aromatic carbocycles. The minimum atomic E-state index is -1.29. The van der Waals surface area contributed by atoms with Crippen LogP contribution < -0.4 is 4.90 Å². The molecule has 0 unspecified atom stereocenters. The number of rotatable bonds is 2. The minimum Gasteiger partial charge on any atom is -0.376 e. The zero-order valence-corrected chi connectivity index (χ0v) is 15.8. The number of halogens is 1. The average Bonchev–Trinajstić information content (AvgIpc) is 2.76. The van der Waals surface area contributed by atoms with Crippen molar-refractivity contribution in [1.29, 1.82) is 0 Å². The van der Waals surface area contributed by atoms with Crippen molar-refractivity contribution in [3.63, 3.8) is 0 Å². The Morgan fingerprint density at radius 2 is 1.25 bits per heavy atom. The highest BCUT2D eigenvalue weighted by Crippen LogP contribution is 2.53. The topological polar surface area (TPSA) is 23.5 Å². The third kappa shape index (κ3) is 2.46. The normalized spacial score (nSPS) is 17.7. The van der Waals surface area contributed by atoms with Gasteiger partial charge in [-0.2, -0.15) is 0 Å². The van der Waals surface area contributed by atoms with Crippen molar-refractivity contribution in [3.8, 4) is 0 Å². The summed E-state index contributed by atoms with van der Waals surface area (Å²) in [7, 11) is 0. The second-order valence-electron chi connectivity index (χ2n) is 6.93. The van der Waals surface area contributed by atoms with Crippen LogP contribution in [0.2, 0.25) is 5.02 Å². The molecule has 2 nitrogen and oxygen atoms in total. The lowest BCUT2D eigenvalue weighted by atomic mass is 9.76.